The molecule has 1 aliphatic carbocycles. The number of anilines is 1. The Hall–Kier alpha value is -2.03. The molecule has 0 radical (unpaired) electrons. The number of benzene rings is 1. The molecule has 1 aliphatic heterocycles. The van der Waals surface area contributed by atoms with Crippen LogP contribution >= 0.6 is 11.3 Å². The summed E-state index contributed by atoms with van der Waals surface area (Å²) < 4.78 is 0. The van der Waals surface area contributed by atoms with E-state index in [1.165, 1.54) is 29.7 Å². The summed E-state index contributed by atoms with van der Waals surface area (Å²) in [6.45, 7) is 7.10. The molecule has 1 saturated carbocycles. The number of piperazine rings is 1. The molecule has 150 valence electrons. The van der Waals surface area contributed by atoms with Gasteiger partial charge in [0.15, 0.2) is 0 Å². The number of carbonyl (C=O) groups is 1. The first kappa shape index (κ1) is 19.3. The van der Waals surface area contributed by atoms with E-state index in [2.05, 4.69) is 61.0 Å². The second-order valence-corrected chi connectivity index (χ2v) is 8.57. The average molecular weight is 401 g/mol. The number of rotatable bonds is 8. The first-order chi connectivity index (χ1) is 13.8. The minimum atomic E-state index is -0.189. The van der Waals surface area contributed by atoms with Gasteiger partial charge in [0.1, 0.15) is 5.01 Å². The van der Waals surface area contributed by atoms with Gasteiger partial charge in [-0.15, -0.1) is 10.2 Å². The van der Waals surface area contributed by atoms with Crippen molar-refractivity contribution in [2.24, 2.45) is 0 Å². The van der Waals surface area contributed by atoms with E-state index in [1.54, 1.807) is 0 Å². The molecule has 1 aromatic carbocycles. The molecule has 4 rings (SSSR count). The Bertz CT molecular complexity index is 755. The third-order valence-electron chi connectivity index (χ3n) is 5.24. The second-order valence-electron chi connectivity index (χ2n) is 7.56. The first-order valence-electron chi connectivity index (χ1n) is 10.1. The largest absolute Gasteiger partial charge is 0.338 e. The Morgan fingerprint density at radius 3 is 2.57 bits per heavy atom. The van der Waals surface area contributed by atoms with Crippen LogP contribution in [-0.2, 0) is 6.54 Å². The molecule has 2 amide bonds. The molecule has 2 aromatic rings. The summed E-state index contributed by atoms with van der Waals surface area (Å²) >= 11 is 1.49. The molecule has 8 heteroatoms. The van der Waals surface area contributed by atoms with Crippen LogP contribution in [-0.4, -0.2) is 65.3 Å². The highest BCUT2D eigenvalue weighted by atomic mass is 32.1. The van der Waals surface area contributed by atoms with Crippen molar-refractivity contribution in [2.45, 2.75) is 31.7 Å². The average Bonchev–Trinajstić information content (AvgIpc) is 3.47. The molecule has 0 bridgehead atoms. The lowest BCUT2D eigenvalue weighted by atomic mass is 10.2. The van der Waals surface area contributed by atoms with Crippen molar-refractivity contribution in [1.29, 1.82) is 0 Å². The molecule has 0 spiro atoms. The van der Waals surface area contributed by atoms with Gasteiger partial charge in [-0.3, -0.25) is 10.2 Å². The zero-order chi connectivity index (χ0) is 19.2. The van der Waals surface area contributed by atoms with Gasteiger partial charge in [0.05, 0.1) is 0 Å². The number of aromatic nitrogens is 2. The molecule has 7 nitrogen and oxygen atoms in total. The van der Waals surface area contributed by atoms with Gasteiger partial charge in [-0.05, 0) is 31.4 Å². The van der Waals surface area contributed by atoms with Gasteiger partial charge < -0.3 is 10.2 Å². The van der Waals surface area contributed by atoms with Gasteiger partial charge in [-0.1, -0.05) is 41.7 Å². The van der Waals surface area contributed by atoms with Gasteiger partial charge in [0.2, 0.25) is 5.13 Å². The summed E-state index contributed by atoms with van der Waals surface area (Å²) in [7, 11) is 0. The quantitative estimate of drug-likeness (QED) is 0.667. The molecule has 2 aliphatic rings. The summed E-state index contributed by atoms with van der Waals surface area (Å²) in [5, 5.41) is 15.5. The molecule has 1 saturated heterocycles. The van der Waals surface area contributed by atoms with Gasteiger partial charge in [-0.2, -0.15) is 0 Å². The SMILES string of the molecule is O=C(NCCCN1CCN(Cc2ccccc2)CC1)Nc1nnc(C2CC2)s1. The number of carbonyl (C=O) groups excluding carboxylic acids is 1. The maximum absolute atomic E-state index is 12.0. The van der Waals surface area contributed by atoms with E-state index < -0.39 is 0 Å². The van der Waals surface area contributed by atoms with Crippen molar-refractivity contribution in [2.75, 3.05) is 44.6 Å². The number of amides is 2. The van der Waals surface area contributed by atoms with Crippen LogP contribution in [0.25, 0.3) is 0 Å². The second kappa shape index (κ2) is 9.45. The molecular formula is C20H28N6OS. The number of nitrogens with zero attached hydrogens (tertiary/aromatic N) is 4. The highest BCUT2D eigenvalue weighted by Gasteiger charge is 2.27. The van der Waals surface area contributed by atoms with Crippen LogP contribution in [0.2, 0.25) is 0 Å². The van der Waals surface area contributed by atoms with E-state index in [1.807, 2.05) is 0 Å². The van der Waals surface area contributed by atoms with Crippen molar-refractivity contribution >= 4 is 22.5 Å². The fourth-order valence-electron chi connectivity index (χ4n) is 3.44. The van der Waals surface area contributed by atoms with Crippen molar-refractivity contribution in [3.63, 3.8) is 0 Å². The van der Waals surface area contributed by atoms with Crippen molar-refractivity contribution in [1.82, 2.24) is 25.3 Å². The predicted molar refractivity (Wildman–Crippen MR) is 112 cm³/mol. The Labute approximate surface area is 170 Å². The Kier molecular flexibility index (Phi) is 6.51. The highest BCUT2D eigenvalue weighted by molar-refractivity contribution is 7.15. The van der Waals surface area contributed by atoms with E-state index in [9.17, 15) is 4.79 Å². The van der Waals surface area contributed by atoms with Crippen molar-refractivity contribution < 1.29 is 4.79 Å². The van der Waals surface area contributed by atoms with Crippen LogP contribution in [0, 0.1) is 0 Å². The lowest BCUT2D eigenvalue weighted by Gasteiger charge is -2.34. The Balaban J connectivity index is 1.07. The number of hydrogen-bond donors (Lipinski definition) is 2. The zero-order valence-electron chi connectivity index (χ0n) is 16.1. The fraction of sp³-hybridized carbons (Fsp3) is 0.550. The molecule has 0 atom stereocenters. The fourth-order valence-corrected chi connectivity index (χ4v) is 4.35. The van der Waals surface area contributed by atoms with Crippen LogP contribution in [0.3, 0.4) is 0 Å². The summed E-state index contributed by atoms with van der Waals surface area (Å²) in [4.78, 5) is 17.0. The molecular weight excluding hydrogens is 372 g/mol. The van der Waals surface area contributed by atoms with E-state index in [0.29, 0.717) is 17.6 Å². The molecule has 28 heavy (non-hydrogen) atoms. The lowest BCUT2D eigenvalue weighted by molar-refractivity contribution is 0.126. The Morgan fingerprint density at radius 2 is 1.82 bits per heavy atom. The smallest absolute Gasteiger partial charge is 0.321 e. The molecule has 2 N–H and O–H groups in total. The lowest BCUT2D eigenvalue weighted by Crippen LogP contribution is -2.46. The number of urea groups is 1. The maximum atomic E-state index is 12.0. The molecule has 0 unspecified atom stereocenters. The minimum Gasteiger partial charge on any atom is -0.338 e. The molecule has 2 fully saturated rings. The summed E-state index contributed by atoms with van der Waals surface area (Å²) in [5.74, 6) is 0.573. The number of hydrogen-bond acceptors (Lipinski definition) is 6. The van der Waals surface area contributed by atoms with Crippen LogP contribution in [0.15, 0.2) is 30.3 Å². The van der Waals surface area contributed by atoms with Gasteiger partial charge in [0, 0.05) is 45.2 Å². The molecule has 1 aromatic heterocycles. The first-order valence-corrected chi connectivity index (χ1v) is 10.9. The van der Waals surface area contributed by atoms with Crippen LogP contribution < -0.4 is 10.6 Å². The molecule has 2 heterocycles. The van der Waals surface area contributed by atoms with Gasteiger partial charge >= 0.3 is 6.03 Å². The Morgan fingerprint density at radius 1 is 1.07 bits per heavy atom. The standard InChI is InChI=1S/C20H28N6OS/c27-19(22-20-24-23-18(28-20)17-7-8-17)21-9-4-10-25-11-13-26(14-12-25)15-16-5-2-1-3-6-16/h1-3,5-6,17H,4,7-15H2,(H2,21,22,24,27). The normalized spacial score (nSPS) is 18.1. The minimum absolute atomic E-state index is 0.189. The van der Waals surface area contributed by atoms with Crippen molar-refractivity contribution in [3.05, 3.63) is 40.9 Å². The van der Waals surface area contributed by atoms with E-state index in [0.717, 1.165) is 50.7 Å². The summed E-state index contributed by atoms with van der Waals surface area (Å²) in [5.41, 5.74) is 1.38. The van der Waals surface area contributed by atoms with Crippen molar-refractivity contribution in [3.8, 4) is 0 Å². The summed E-state index contributed by atoms with van der Waals surface area (Å²) in [6, 6.07) is 10.5. The third-order valence-corrected chi connectivity index (χ3v) is 6.24. The topological polar surface area (TPSA) is 73.4 Å². The maximum Gasteiger partial charge on any atom is 0.321 e. The number of nitrogens with one attached hydrogen (secondary N) is 2. The van der Waals surface area contributed by atoms with E-state index in [-0.39, 0.29) is 6.03 Å². The van der Waals surface area contributed by atoms with Crippen LogP contribution in [0.1, 0.15) is 35.8 Å². The predicted octanol–water partition coefficient (Wildman–Crippen LogP) is 2.74. The highest BCUT2D eigenvalue weighted by Crippen LogP contribution is 2.41. The van der Waals surface area contributed by atoms with Crippen LogP contribution in [0.5, 0.6) is 0 Å². The monoisotopic (exact) mass is 400 g/mol. The van der Waals surface area contributed by atoms with Gasteiger partial charge in [-0.25, -0.2) is 4.79 Å². The summed E-state index contributed by atoms with van der Waals surface area (Å²) in [6.07, 6.45) is 3.35. The van der Waals surface area contributed by atoms with Gasteiger partial charge in [0.25, 0.3) is 0 Å². The van der Waals surface area contributed by atoms with E-state index >= 15 is 0 Å². The third kappa shape index (κ3) is 5.73. The van der Waals surface area contributed by atoms with E-state index in [4.69, 9.17) is 0 Å². The van der Waals surface area contributed by atoms with Crippen LogP contribution in [0.4, 0.5) is 9.93 Å². The zero-order valence-corrected chi connectivity index (χ0v) is 17.0.